The van der Waals surface area contributed by atoms with Crippen LogP contribution in [0.3, 0.4) is 0 Å². The summed E-state index contributed by atoms with van der Waals surface area (Å²) in [6, 6.07) is 0. The van der Waals surface area contributed by atoms with Crippen molar-refractivity contribution in [2.75, 3.05) is 0 Å². The van der Waals surface area contributed by atoms with Crippen molar-refractivity contribution in [1.29, 1.82) is 0 Å². The third kappa shape index (κ3) is 3.49. The summed E-state index contributed by atoms with van der Waals surface area (Å²) >= 11 is 6.01. The van der Waals surface area contributed by atoms with Crippen LogP contribution in [0.4, 0.5) is 0 Å². The van der Waals surface area contributed by atoms with E-state index in [9.17, 15) is 19.9 Å². The number of ether oxygens (including phenoxy) is 1. The van der Waals surface area contributed by atoms with E-state index in [1.165, 1.54) is 17.2 Å². The molecule has 0 bridgehead atoms. The van der Waals surface area contributed by atoms with Gasteiger partial charge in [-0.15, -0.1) is 0 Å². The molecule has 0 spiro atoms. The Balaban J connectivity index is 1.51. The summed E-state index contributed by atoms with van der Waals surface area (Å²) in [7, 11) is -3.64. The van der Waals surface area contributed by atoms with Gasteiger partial charge in [0.1, 0.15) is 24.1 Å². The lowest BCUT2D eigenvalue weighted by atomic mass is 9.97. The lowest BCUT2D eigenvalue weighted by molar-refractivity contribution is -0.0586. The van der Waals surface area contributed by atoms with E-state index >= 15 is 0 Å². The second kappa shape index (κ2) is 6.93. The summed E-state index contributed by atoms with van der Waals surface area (Å²) in [6.45, 7) is 4.91. The number of hydrogen-bond acceptors (Lipinski definition) is 10. The zero-order valence-electron chi connectivity index (χ0n) is 16.0. The van der Waals surface area contributed by atoms with Gasteiger partial charge in [0.05, 0.1) is 18.0 Å². The van der Waals surface area contributed by atoms with E-state index in [1.54, 1.807) is 20.8 Å². The van der Waals surface area contributed by atoms with Crippen molar-refractivity contribution in [1.82, 2.24) is 19.5 Å². The van der Waals surface area contributed by atoms with Crippen molar-refractivity contribution >= 4 is 30.4 Å². The Hall–Kier alpha value is -1.17. The quantitative estimate of drug-likeness (QED) is 0.337. The number of hydrogen-bond donors (Lipinski definition) is 3. The Morgan fingerprint density at radius 3 is 2.72 bits per heavy atom. The molecular formula is C16H22ClN4O7P. The Labute approximate surface area is 171 Å². The van der Waals surface area contributed by atoms with Gasteiger partial charge in [-0.1, -0.05) is 18.5 Å². The van der Waals surface area contributed by atoms with Crippen LogP contribution in [0.1, 0.15) is 39.8 Å². The van der Waals surface area contributed by atoms with Crippen LogP contribution < -0.4 is 0 Å². The fourth-order valence-corrected chi connectivity index (χ4v) is 5.65. The molecule has 0 aromatic carbocycles. The average Bonchev–Trinajstić information content (AvgIpc) is 2.94. The molecule has 29 heavy (non-hydrogen) atoms. The monoisotopic (exact) mass is 448 g/mol. The van der Waals surface area contributed by atoms with Crippen molar-refractivity contribution in [2.24, 2.45) is 0 Å². The summed E-state index contributed by atoms with van der Waals surface area (Å²) in [4.78, 5) is 12.1. The van der Waals surface area contributed by atoms with Gasteiger partial charge in [0, 0.05) is 12.8 Å². The highest BCUT2D eigenvalue weighted by Gasteiger charge is 2.70. The SMILES string of the molecule is CCC1(O)OP1(=O)OC(C)(C)CC1OC(n2cnc3c(Cl)ncnc32)C(O)C1O. The normalized spacial score (nSPS) is 37.3. The molecule has 0 aliphatic carbocycles. The van der Waals surface area contributed by atoms with Crippen LogP contribution in [0.25, 0.3) is 11.2 Å². The van der Waals surface area contributed by atoms with E-state index < -0.39 is 43.3 Å². The fraction of sp³-hybridized carbons (Fsp3) is 0.688. The van der Waals surface area contributed by atoms with Crippen LogP contribution in [0.2, 0.25) is 5.15 Å². The molecule has 13 heteroatoms. The maximum Gasteiger partial charge on any atom is 0.393 e. The number of rotatable bonds is 6. The predicted octanol–water partition coefficient (Wildman–Crippen LogP) is 1.56. The van der Waals surface area contributed by atoms with E-state index in [0.29, 0.717) is 11.2 Å². The molecule has 160 valence electrons. The van der Waals surface area contributed by atoms with Gasteiger partial charge in [-0.25, -0.2) is 15.0 Å². The molecule has 11 nitrogen and oxygen atoms in total. The number of aliphatic hydroxyl groups excluding tert-OH is 2. The van der Waals surface area contributed by atoms with Crippen molar-refractivity contribution in [2.45, 2.75) is 69.3 Å². The minimum absolute atomic E-state index is 0.0806. The van der Waals surface area contributed by atoms with Crippen molar-refractivity contribution < 1.29 is 33.7 Å². The lowest BCUT2D eigenvalue weighted by Crippen LogP contribution is -2.37. The highest BCUT2D eigenvalue weighted by molar-refractivity contribution is 7.61. The zero-order valence-corrected chi connectivity index (χ0v) is 17.6. The standard InChI is InChI=1S/C16H22ClN4O7P/c1-4-16(24)28-29(16,25)27-15(2,3)5-8-10(22)11(23)14(26-8)21-7-20-9-12(17)18-6-19-13(9)21/h6-8,10-11,14,22-24H,4-5H2,1-3H3. The molecular weight excluding hydrogens is 427 g/mol. The van der Waals surface area contributed by atoms with E-state index in [1.807, 2.05) is 0 Å². The first-order chi connectivity index (χ1) is 13.5. The largest absolute Gasteiger partial charge is 0.393 e. The minimum Gasteiger partial charge on any atom is -0.388 e. The third-order valence-electron chi connectivity index (χ3n) is 5.11. The molecule has 6 unspecified atom stereocenters. The number of nitrogens with zero attached hydrogens (tertiary/aromatic N) is 4. The van der Waals surface area contributed by atoms with Gasteiger partial charge in [0.15, 0.2) is 17.0 Å². The van der Waals surface area contributed by atoms with Crippen LogP contribution in [0.5, 0.6) is 0 Å². The number of fused-ring (bicyclic) bond motifs is 1. The topological polar surface area (TPSA) is 152 Å². The highest BCUT2D eigenvalue weighted by atomic mass is 35.5. The van der Waals surface area contributed by atoms with Crippen LogP contribution >= 0.6 is 19.2 Å². The van der Waals surface area contributed by atoms with E-state index in [4.69, 9.17) is 25.4 Å². The predicted molar refractivity (Wildman–Crippen MR) is 100.0 cm³/mol. The van der Waals surface area contributed by atoms with Crippen molar-refractivity contribution in [3.8, 4) is 0 Å². The molecule has 3 N–H and O–H groups in total. The first-order valence-electron chi connectivity index (χ1n) is 9.09. The molecule has 2 fully saturated rings. The Morgan fingerprint density at radius 1 is 1.34 bits per heavy atom. The number of imidazole rings is 1. The second-order valence-electron chi connectivity index (χ2n) is 7.78. The maximum absolute atomic E-state index is 12.5. The van der Waals surface area contributed by atoms with Gasteiger partial charge >= 0.3 is 7.60 Å². The fourth-order valence-electron chi connectivity index (χ4n) is 3.50. The molecule has 2 aromatic heterocycles. The second-order valence-corrected chi connectivity index (χ2v) is 10.2. The number of aliphatic hydroxyl groups is 3. The summed E-state index contributed by atoms with van der Waals surface area (Å²) in [5.74, 6) is 0. The Kier molecular flexibility index (Phi) is 5.04. The molecule has 0 radical (unpaired) electrons. The summed E-state index contributed by atoms with van der Waals surface area (Å²) < 4.78 is 30.3. The van der Waals surface area contributed by atoms with Gasteiger partial charge in [0.25, 0.3) is 5.53 Å². The molecule has 2 saturated heterocycles. The molecule has 6 atom stereocenters. The number of halogens is 1. The number of aromatic nitrogens is 4. The average molecular weight is 449 g/mol. The summed E-state index contributed by atoms with van der Waals surface area (Å²) in [5.41, 5.74) is -2.15. The van der Waals surface area contributed by atoms with Gasteiger partial charge in [-0.05, 0) is 13.8 Å². The molecule has 2 aliphatic rings. The molecule has 2 aromatic rings. The Morgan fingerprint density at radius 2 is 2.07 bits per heavy atom. The molecule has 0 saturated carbocycles. The van der Waals surface area contributed by atoms with Crippen molar-refractivity contribution in [3.63, 3.8) is 0 Å². The van der Waals surface area contributed by atoms with Gasteiger partial charge in [-0.3, -0.25) is 18.2 Å². The Bertz CT molecular complexity index is 987. The zero-order chi connectivity index (χ0) is 21.2. The molecule has 4 rings (SSSR count). The van der Waals surface area contributed by atoms with Gasteiger partial charge in [-0.2, -0.15) is 0 Å². The summed E-state index contributed by atoms with van der Waals surface area (Å²) in [6.07, 6.45) is -1.47. The first kappa shape index (κ1) is 21.1. The van der Waals surface area contributed by atoms with E-state index in [2.05, 4.69) is 15.0 Å². The maximum atomic E-state index is 12.5. The highest BCUT2D eigenvalue weighted by Crippen LogP contribution is 2.79. The molecule has 4 heterocycles. The van der Waals surface area contributed by atoms with Gasteiger partial charge in [0.2, 0.25) is 0 Å². The molecule has 0 amide bonds. The lowest BCUT2D eigenvalue weighted by Gasteiger charge is -2.28. The van der Waals surface area contributed by atoms with Gasteiger partial charge < -0.3 is 20.1 Å². The summed E-state index contributed by atoms with van der Waals surface area (Å²) in [5, 5.41) is 31.2. The minimum atomic E-state index is -3.64. The van der Waals surface area contributed by atoms with E-state index in [0.717, 1.165) is 0 Å². The third-order valence-corrected chi connectivity index (χ3v) is 7.76. The van der Waals surface area contributed by atoms with Crippen LogP contribution in [0, 0.1) is 0 Å². The van der Waals surface area contributed by atoms with E-state index in [-0.39, 0.29) is 18.0 Å². The smallest absolute Gasteiger partial charge is 0.388 e. The van der Waals surface area contributed by atoms with Crippen molar-refractivity contribution in [3.05, 3.63) is 17.8 Å². The van der Waals surface area contributed by atoms with Crippen LogP contribution in [-0.4, -0.2) is 64.3 Å². The van der Waals surface area contributed by atoms with Crippen LogP contribution in [0.15, 0.2) is 12.7 Å². The molecule has 2 aliphatic heterocycles. The van der Waals surface area contributed by atoms with Crippen LogP contribution in [-0.2, 0) is 18.3 Å². The first-order valence-corrected chi connectivity index (χ1v) is 11.0.